The molecule has 2 aromatic rings. The molecule has 0 heterocycles. The van der Waals surface area contributed by atoms with E-state index < -0.39 is 16.1 Å². The van der Waals surface area contributed by atoms with Crippen LogP contribution in [-0.4, -0.2) is 56.6 Å². The lowest BCUT2D eigenvalue weighted by molar-refractivity contribution is -0.140. The number of nitrogens with one attached hydrogen (secondary N) is 1. The summed E-state index contributed by atoms with van der Waals surface area (Å²) >= 11 is 0. The summed E-state index contributed by atoms with van der Waals surface area (Å²) in [6, 6.07) is 13.9. The quantitative estimate of drug-likeness (QED) is 0.393. The van der Waals surface area contributed by atoms with Gasteiger partial charge in [-0.2, -0.15) is 0 Å². The second kappa shape index (κ2) is 14.0. The van der Waals surface area contributed by atoms with Crippen LogP contribution in [0, 0.1) is 6.92 Å². The number of hydrogen-bond acceptors (Lipinski definition) is 5. The van der Waals surface area contributed by atoms with Crippen LogP contribution in [0.5, 0.6) is 5.75 Å². The molecule has 37 heavy (non-hydrogen) atoms. The van der Waals surface area contributed by atoms with E-state index in [0.29, 0.717) is 31.0 Å². The Labute approximate surface area is 222 Å². The fraction of sp³-hybridized carbons (Fsp3) is 0.500. The van der Waals surface area contributed by atoms with Crippen molar-refractivity contribution in [2.45, 2.75) is 72.5 Å². The lowest BCUT2D eigenvalue weighted by Crippen LogP contribution is -2.49. The van der Waals surface area contributed by atoms with Gasteiger partial charge in [-0.25, -0.2) is 8.42 Å². The zero-order chi connectivity index (χ0) is 27.6. The lowest BCUT2D eigenvalue weighted by atomic mass is 10.1. The standard InChI is InChI=1S/C28H41N3O5S/c1-7-22(4)29-28(33)23(5)30(20-24-13-10-9-12-21(24)3)27(32)14-11-19-31(37(6,34)35)25-15-17-26(18-16-25)36-8-2/h9-10,12-13,15-18,22-23H,7-8,11,14,19-20H2,1-6H3,(H,29,33)/t22-,23+/m0/s1. The number of nitrogens with zero attached hydrogens (tertiary/aromatic N) is 2. The highest BCUT2D eigenvalue weighted by molar-refractivity contribution is 7.92. The van der Waals surface area contributed by atoms with Crippen LogP contribution >= 0.6 is 0 Å². The average molecular weight is 532 g/mol. The Morgan fingerprint density at radius 2 is 1.68 bits per heavy atom. The Balaban J connectivity index is 2.17. The van der Waals surface area contributed by atoms with Crippen LogP contribution in [0.3, 0.4) is 0 Å². The van der Waals surface area contributed by atoms with Crippen molar-refractivity contribution < 1.29 is 22.7 Å². The number of hydrogen-bond donors (Lipinski definition) is 1. The maximum atomic E-state index is 13.4. The molecule has 0 aliphatic rings. The largest absolute Gasteiger partial charge is 0.494 e. The minimum absolute atomic E-state index is 0.00259. The van der Waals surface area contributed by atoms with E-state index >= 15 is 0 Å². The van der Waals surface area contributed by atoms with E-state index in [1.165, 1.54) is 4.31 Å². The molecule has 1 N–H and O–H groups in total. The van der Waals surface area contributed by atoms with Crippen molar-refractivity contribution >= 4 is 27.5 Å². The normalized spacial score (nSPS) is 12.9. The lowest BCUT2D eigenvalue weighted by Gasteiger charge is -2.30. The van der Waals surface area contributed by atoms with Crippen molar-refractivity contribution in [3.05, 3.63) is 59.7 Å². The summed E-state index contributed by atoms with van der Waals surface area (Å²) in [6.45, 7) is 10.5. The Morgan fingerprint density at radius 1 is 1.03 bits per heavy atom. The molecule has 8 nitrogen and oxygen atoms in total. The molecule has 0 unspecified atom stereocenters. The maximum Gasteiger partial charge on any atom is 0.242 e. The van der Waals surface area contributed by atoms with Gasteiger partial charge in [-0.05, 0) is 75.9 Å². The van der Waals surface area contributed by atoms with Crippen molar-refractivity contribution in [3.8, 4) is 5.75 Å². The summed E-state index contributed by atoms with van der Waals surface area (Å²) in [4.78, 5) is 27.9. The molecule has 0 saturated heterocycles. The average Bonchev–Trinajstić information content (AvgIpc) is 2.85. The Kier molecular flexibility index (Phi) is 11.4. The highest BCUT2D eigenvalue weighted by atomic mass is 32.2. The number of benzene rings is 2. The van der Waals surface area contributed by atoms with Gasteiger partial charge >= 0.3 is 0 Å². The number of aryl methyl sites for hydroxylation is 1. The van der Waals surface area contributed by atoms with E-state index in [-0.39, 0.29) is 30.8 Å². The fourth-order valence-electron chi connectivity index (χ4n) is 3.90. The summed E-state index contributed by atoms with van der Waals surface area (Å²) in [7, 11) is -3.56. The van der Waals surface area contributed by atoms with Crippen molar-refractivity contribution in [3.63, 3.8) is 0 Å². The first-order chi connectivity index (χ1) is 17.5. The molecule has 0 saturated carbocycles. The number of carbonyl (C=O) groups is 2. The van der Waals surface area contributed by atoms with E-state index in [1.807, 2.05) is 52.0 Å². The molecule has 2 atom stereocenters. The topological polar surface area (TPSA) is 96.0 Å². The summed E-state index contributed by atoms with van der Waals surface area (Å²) in [5, 5.41) is 2.96. The number of rotatable bonds is 14. The third kappa shape index (κ3) is 9.07. The predicted molar refractivity (Wildman–Crippen MR) is 148 cm³/mol. The van der Waals surface area contributed by atoms with E-state index in [1.54, 1.807) is 36.1 Å². The van der Waals surface area contributed by atoms with Gasteiger partial charge in [0, 0.05) is 25.6 Å². The van der Waals surface area contributed by atoms with Crippen molar-refractivity contribution in [2.75, 3.05) is 23.7 Å². The summed E-state index contributed by atoms with van der Waals surface area (Å²) in [5.41, 5.74) is 2.51. The van der Waals surface area contributed by atoms with Gasteiger partial charge in [-0.15, -0.1) is 0 Å². The summed E-state index contributed by atoms with van der Waals surface area (Å²) < 4.78 is 31.7. The Hall–Kier alpha value is -3.07. The molecule has 2 rings (SSSR count). The third-order valence-corrected chi connectivity index (χ3v) is 7.55. The molecule has 2 amide bonds. The first kappa shape index (κ1) is 30.2. The highest BCUT2D eigenvalue weighted by Crippen LogP contribution is 2.23. The molecular formula is C28H41N3O5S. The van der Waals surface area contributed by atoms with Crippen molar-refractivity contribution in [1.29, 1.82) is 0 Å². The van der Waals surface area contributed by atoms with E-state index in [4.69, 9.17) is 4.74 Å². The number of sulfonamides is 1. The van der Waals surface area contributed by atoms with Crippen LogP contribution in [0.4, 0.5) is 5.69 Å². The van der Waals surface area contributed by atoms with E-state index in [2.05, 4.69) is 5.32 Å². The second-order valence-electron chi connectivity index (χ2n) is 9.31. The maximum absolute atomic E-state index is 13.4. The Bertz CT molecular complexity index is 1130. The Morgan fingerprint density at radius 3 is 2.24 bits per heavy atom. The van der Waals surface area contributed by atoms with Gasteiger partial charge in [0.05, 0.1) is 18.6 Å². The molecule has 204 valence electrons. The molecule has 0 aliphatic heterocycles. The molecule has 0 aliphatic carbocycles. The molecule has 0 radical (unpaired) electrons. The third-order valence-electron chi connectivity index (χ3n) is 6.36. The zero-order valence-electron chi connectivity index (χ0n) is 22.9. The first-order valence-electron chi connectivity index (χ1n) is 12.8. The van der Waals surface area contributed by atoms with Gasteiger partial charge < -0.3 is 15.0 Å². The first-order valence-corrected chi connectivity index (χ1v) is 14.7. The van der Waals surface area contributed by atoms with Crippen LogP contribution in [0.2, 0.25) is 0 Å². The SMILES string of the molecule is CCOc1ccc(N(CCCC(=O)N(Cc2ccccc2C)[C@H](C)C(=O)N[C@@H](C)CC)S(C)(=O)=O)cc1. The molecule has 9 heteroatoms. The monoisotopic (exact) mass is 531 g/mol. The van der Waals surface area contributed by atoms with Crippen LogP contribution in [0.1, 0.15) is 58.1 Å². The molecule has 0 aromatic heterocycles. The number of amides is 2. The number of ether oxygens (including phenoxy) is 1. The number of carbonyl (C=O) groups excluding carboxylic acids is 2. The van der Waals surface area contributed by atoms with E-state index in [0.717, 1.165) is 23.8 Å². The zero-order valence-corrected chi connectivity index (χ0v) is 23.7. The molecule has 2 aromatic carbocycles. The van der Waals surface area contributed by atoms with Gasteiger partial charge in [0.2, 0.25) is 21.8 Å². The molecule has 0 bridgehead atoms. The van der Waals surface area contributed by atoms with Gasteiger partial charge in [0.25, 0.3) is 0 Å². The van der Waals surface area contributed by atoms with Gasteiger partial charge in [-0.1, -0.05) is 31.2 Å². The smallest absolute Gasteiger partial charge is 0.242 e. The highest BCUT2D eigenvalue weighted by Gasteiger charge is 2.27. The van der Waals surface area contributed by atoms with Gasteiger partial charge in [0.1, 0.15) is 11.8 Å². The summed E-state index contributed by atoms with van der Waals surface area (Å²) in [5.74, 6) is 0.255. The van der Waals surface area contributed by atoms with E-state index in [9.17, 15) is 18.0 Å². The van der Waals surface area contributed by atoms with Crippen LogP contribution < -0.4 is 14.4 Å². The second-order valence-corrected chi connectivity index (χ2v) is 11.2. The number of anilines is 1. The van der Waals surface area contributed by atoms with Crippen LogP contribution in [0.15, 0.2) is 48.5 Å². The minimum Gasteiger partial charge on any atom is -0.494 e. The van der Waals surface area contributed by atoms with Crippen LogP contribution in [-0.2, 0) is 26.2 Å². The van der Waals surface area contributed by atoms with Crippen molar-refractivity contribution in [2.24, 2.45) is 0 Å². The molecule has 0 spiro atoms. The minimum atomic E-state index is -3.56. The molecule has 0 fully saturated rings. The van der Waals surface area contributed by atoms with Crippen molar-refractivity contribution in [1.82, 2.24) is 10.2 Å². The van der Waals surface area contributed by atoms with Crippen LogP contribution in [0.25, 0.3) is 0 Å². The molecular weight excluding hydrogens is 490 g/mol. The summed E-state index contributed by atoms with van der Waals surface area (Å²) in [6.07, 6.45) is 2.35. The predicted octanol–water partition coefficient (Wildman–Crippen LogP) is 4.27. The fourth-order valence-corrected chi connectivity index (χ4v) is 4.86. The van der Waals surface area contributed by atoms with Gasteiger partial charge in [-0.3, -0.25) is 13.9 Å². The van der Waals surface area contributed by atoms with Gasteiger partial charge in [0.15, 0.2) is 0 Å².